The van der Waals surface area contributed by atoms with Crippen LogP contribution in [0.4, 0.5) is 0 Å². The maximum atomic E-state index is 10.2. The summed E-state index contributed by atoms with van der Waals surface area (Å²) in [4.78, 5) is 10.2. The quantitative estimate of drug-likeness (QED) is 0.226. The van der Waals surface area contributed by atoms with E-state index in [4.69, 9.17) is 16.3 Å². The molecule has 25 heavy (non-hydrogen) atoms. The summed E-state index contributed by atoms with van der Waals surface area (Å²) in [5, 5.41) is 0. The van der Waals surface area contributed by atoms with Gasteiger partial charge in [0.1, 0.15) is 5.75 Å². The van der Waals surface area contributed by atoms with Crippen LogP contribution >= 0.6 is 17.1 Å². The van der Waals surface area contributed by atoms with Crippen molar-refractivity contribution in [2.45, 2.75) is 84.0 Å². The van der Waals surface area contributed by atoms with Crippen LogP contribution in [-0.4, -0.2) is 10.6 Å². The molecule has 0 amide bonds. The van der Waals surface area contributed by atoms with Crippen molar-refractivity contribution in [3.8, 4) is 5.75 Å². The van der Waals surface area contributed by atoms with E-state index in [9.17, 15) is 4.89 Å². The van der Waals surface area contributed by atoms with E-state index in [1.807, 2.05) is 30.3 Å². The Morgan fingerprint density at radius 3 is 1.84 bits per heavy atom. The van der Waals surface area contributed by atoms with E-state index in [-0.39, 0.29) is 0 Å². The van der Waals surface area contributed by atoms with Crippen LogP contribution in [0.15, 0.2) is 30.3 Å². The van der Waals surface area contributed by atoms with Gasteiger partial charge in [0.15, 0.2) is 0 Å². The highest BCUT2D eigenvalue weighted by atomic mass is 32.9. The second kappa shape index (κ2) is 15.1. The fourth-order valence-electron chi connectivity index (χ4n) is 2.76. The van der Waals surface area contributed by atoms with Gasteiger partial charge >= 0.3 is 0 Å². The average Bonchev–Trinajstić information content (AvgIpc) is 2.59. The molecule has 0 aromatic heterocycles. The Morgan fingerprint density at radius 1 is 0.840 bits per heavy atom. The number of unbranched alkanes of at least 4 members (excludes halogenated alkanes) is 11. The summed E-state index contributed by atoms with van der Waals surface area (Å²) in [7, 11) is 0. The molecule has 0 aliphatic rings. The molecule has 0 bridgehead atoms. The molecule has 0 saturated carbocycles. The fourth-order valence-corrected chi connectivity index (χ4v) is 6.19. The molecule has 0 aliphatic heterocycles. The number of rotatable bonds is 16. The molecular weight excluding hydrogens is 367 g/mol. The second-order valence-corrected chi connectivity index (χ2v) is 12.8. The Kier molecular flexibility index (Phi) is 13.9. The lowest BCUT2D eigenvalue weighted by atomic mass is 10.1. The van der Waals surface area contributed by atoms with Gasteiger partial charge in [0.05, 0.1) is 0 Å². The Balaban J connectivity index is 1.90. The van der Waals surface area contributed by atoms with Gasteiger partial charge < -0.3 is 9.42 Å². The zero-order chi connectivity index (χ0) is 18.2. The Bertz CT molecular complexity index is 468. The van der Waals surface area contributed by atoms with E-state index >= 15 is 0 Å². The molecule has 144 valence electrons. The predicted octanol–water partition coefficient (Wildman–Crippen LogP) is 7.72. The molecule has 0 fully saturated rings. The first-order valence-corrected chi connectivity index (χ1v) is 14.1. The van der Waals surface area contributed by atoms with Crippen LogP contribution in [-0.2, 0) is 11.8 Å². The standard InChI is InChI=1S/C20H35O2PS2/c1-2-3-4-5-6-7-8-9-10-11-12-16-19-25-23(21,24)22-20-17-14-13-15-18-20/h13-15,17-18H,2-12,16,19H2,1H3,(H,21,24). The van der Waals surface area contributed by atoms with Crippen molar-refractivity contribution < 1.29 is 9.42 Å². The number of hydrogen-bond donors (Lipinski definition) is 1. The molecule has 1 unspecified atom stereocenters. The van der Waals surface area contributed by atoms with Gasteiger partial charge in [0, 0.05) is 5.75 Å². The number of para-hydroxylation sites is 1. The summed E-state index contributed by atoms with van der Waals surface area (Å²) in [6, 6.07) is 9.37. The van der Waals surface area contributed by atoms with E-state index in [0.29, 0.717) is 5.75 Å². The summed E-state index contributed by atoms with van der Waals surface area (Å²) < 4.78 is 5.55. The third-order valence-electron chi connectivity index (χ3n) is 4.22. The minimum Gasteiger partial charge on any atom is -0.436 e. The maximum Gasteiger partial charge on any atom is 0.294 e. The SMILES string of the molecule is CCCCCCCCCCCCCCSP(O)(=S)Oc1ccccc1. The van der Waals surface area contributed by atoms with E-state index < -0.39 is 5.69 Å². The second-order valence-electron chi connectivity index (χ2n) is 6.60. The molecule has 0 saturated heterocycles. The zero-order valence-electron chi connectivity index (χ0n) is 15.7. The van der Waals surface area contributed by atoms with Crippen molar-refractivity contribution in [2.24, 2.45) is 0 Å². The summed E-state index contributed by atoms with van der Waals surface area (Å²) in [6.07, 6.45) is 16.1. The lowest BCUT2D eigenvalue weighted by Gasteiger charge is -2.15. The van der Waals surface area contributed by atoms with Crippen LogP contribution in [0.5, 0.6) is 5.75 Å². The third-order valence-corrected chi connectivity index (χ3v) is 8.38. The van der Waals surface area contributed by atoms with Gasteiger partial charge in [-0.25, -0.2) is 0 Å². The Labute approximate surface area is 164 Å². The van der Waals surface area contributed by atoms with E-state index in [0.717, 1.165) is 12.2 Å². The zero-order valence-corrected chi connectivity index (χ0v) is 18.2. The lowest BCUT2D eigenvalue weighted by Crippen LogP contribution is -1.90. The Morgan fingerprint density at radius 2 is 1.32 bits per heavy atom. The average molecular weight is 403 g/mol. The van der Waals surface area contributed by atoms with E-state index in [1.54, 1.807) is 0 Å². The molecule has 5 heteroatoms. The minimum absolute atomic E-state index is 0.663. The molecule has 1 N–H and O–H groups in total. The van der Waals surface area contributed by atoms with Crippen molar-refractivity contribution in [3.63, 3.8) is 0 Å². The molecule has 0 heterocycles. The van der Waals surface area contributed by atoms with Crippen molar-refractivity contribution in [1.29, 1.82) is 0 Å². The highest BCUT2D eigenvalue weighted by Crippen LogP contribution is 2.55. The van der Waals surface area contributed by atoms with Crippen molar-refractivity contribution in [1.82, 2.24) is 0 Å². The lowest BCUT2D eigenvalue weighted by molar-refractivity contribution is 0.504. The summed E-state index contributed by atoms with van der Waals surface area (Å²) in [6.45, 7) is 2.27. The molecule has 0 aliphatic carbocycles. The molecule has 1 atom stereocenters. The van der Waals surface area contributed by atoms with Crippen LogP contribution in [0, 0.1) is 0 Å². The van der Waals surface area contributed by atoms with Crippen LogP contribution in [0.1, 0.15) is 84.0 Å². The topological polar surface area (TPSA) is 29.5 Å². The summed E-state index contributed by atoms with van der Waals surface area (Å²) >= 11 is 6.63. The Hall–Kier alpha value is -0.0200. The normalized spacial score (nSPS) is 13.5. The highest BCUT2D eigenvalue weighted by Gasteiger charge is 2.15. The highest BCUT2D eigenvalue weighted by molar-refractivity contribution is 8.67. The van der Waals surface area contributed by atoms with Gasteiger partial charge in [-0.2, -0.15) is 0 Å². The van der Waals surface area contributed by atoms with Crippen LogP contribution in [0.25, 0.3) is 0 Å². The van der Waals surface area contributed by atoms with Gasteiger partial charge in [0.2, 0.25) is 0 Å². The van der Waals surface area contributed by atoms with Crippen molar-refractivity contribution in [3.05, 3.63) is 30.3 Å². The van der Waals surface area contributed by atoms with Crippen LogP contribution in [0.2, 0.25) is 0 Å². The molecular formula is C20H35O2PS2. The molecule has 1 rings (SSSR count). The first kappa shape index (κ1) is 23.0. The third kappa shape index (κ3) is 13.8. The maximum absolute atomic E-state index is 10.2. The molecule has 1 aromatic carbocycles. The van der Waals surface area contributed by atoms with Crippen LogP contribution in [0.3, 0.4) is 0 Å². The molecule has 1 aromatic rings. The van der Waals surface area contributed by atoms with Crippen molar-refractivity contribution >= 4 is 28.9 Å². The molecule has 2 nitrogen and oxygen atoms in total. The molecule has 0 spiro atoms. The molecule has 0 radical (unpaired) electrons. The monoisotopic (exact) mass is 402 g/mol. The summed E-state index contributed by atoms with van der Waals surface area (Å²) in [5.74, 6) is 1.55. The smallest absolute Gasteiger partial charge is 0.294 e. The first-order chi connectivity index (χ1) is 12.1. The predicted molar refractivity (Wildman–Crippen MR) is 117 cm³/mol. The van der Waals surface area contributed by atoms with E-state index in [2.05, 4.69) is 6.92 Å². The van der Waals surface area contributed by atoms with Gasteiger partial charge in [-0.15, -0.1) is 0 Å². The number of benzene rings is 1. The summed E-state index contributed by atoms with van der Waals surface area (Å²) in [5.41, 5.74) is -2.75. The van der Waals surface area contributed by atoms with Gasteiger partial charge in [0.25, 0.3) is 5.69 Å². The van der Waals surface area contributed by atoms with Gasteiger partial charge in [-0.05, 0) is 30.4 Å². The largest absolute Gasteiger partial charge is 0.436 e. The van der Waals surface area contributed by atoms with Gasteiger partial charge in [-0.3, -0.25) is 0 Å². The first-order valence-electron chi connectivity index (χ1n) is 9.86. The minimum atomic E-state index is -2.75. The van der Waals surface area contributed by atoms with Gasteiger partial charge in [-0.1, -0.05) is 107 Å². The fraction of sp³-hybridized carbons (Fsp3) is 0.700. The van der Waals surface area contributed by atoms with Crippen LogP contribution < -0.4 is 4.52 Å². The number of hydrogen-bond acceptors (Lipinski definition) is 3. The van der Waals surface area contributed by atoms with Crippen molar-refractivity contribution in [2.75, 3.05) is 5.75 Å². The van der Waals surface area contributed by atoms with E-state index in [1.165, 1.54) is 82.0 Å².